The molecule has 4 nitrogen and oxygen atoms in total. The van der Waals surface area contributed by atoms with Gasteiger partial charge in [0.25, 0.3) is 5.91 Å². The minimum atomic E-state index is -0.847. The van der Waals surface area contributed by atoms with Crippen molar-refractivity contribution in [3.8, 4) is 0 Å². The summed E-state index contributed by atoms with van der Waals surface area (Å²) >= 11 is 0. The molecule has 1 aromatic carbocycles. The highest BCUT2D eigenvalue weighted by Crippen LogP contribution is 2.34. The van der Waals surface area contributed by atoms with Crippen LogP contribution in [0.5, 0.6) is 0 Å². The Balaban J connectivity index is 1.60. The summed E-state index contributed by atoms with van der Waals surface area (Å²) in [5, 5.41) is 0. The molecular weight excluding hydrogens is 379 g/mol. The van der Waals surface area contributed by atoms with E-state index in [0.717, 1.165) is 44.9 Å². The van der Waals surface area contributed by atoms with E-state index in [2.05, 4.69) is 6.08 Å². The van der Waals surface area contributed by atoms with Crippen LogP contribution in [0.2, 0.25) is 0 Å². The van der Waals surface area contributed by atoms with E-state index in [9.17, 15) is 14.0 Å². The van der Waals surface area contributed by atoms with E-state index in [0.29, 0.717) is 12.1 Å². The van der Waals surface area contributed by atoms with Crippen LogP contribution in [0.15, 0.2) is 35.9 Å². The first-order valence-corrected chi connectivity index (χ1v) is 11.7. The van der Waals surface area contributed by atoms with Crippen LogP contribution < -0.4 is 0 Å². The Kier molecular flexibility index (Phi) is 6.86. The predicted octanol–water partition coefficient (Wildman–Crippen LogP) is 5.15. The van der Waals surface area contributed by atoms with Gasteiger partial charge in [0.15, 0.2) is 0 Å². The highest BCUT2D eigenvalue weighted by molar-refractivity contribution is 5.95. The number of carbonyl (C=O) groups is 2. The second-order valence-electron chi connectivity index (χ2n) is 8.98. The number of nitrogens with zero attached hydrogens (tertiary/aromatic N) is 2. The maximum absolute atomic E-state index is 14.8. The van der Waals surface area contributed by atoms with Gasteiger partial charge in [0.2, 0.25) is 5.91 Å². The molecule has 4 rings (SSSR count). The van der Waals surface area contributed by atoms with Crippen molar-refractivity contribution in [3.63, 3.8) is 0 Å². The molecule has 5 heteroatoms. The quantitative estimate of drug-likeness (QED) is 0.496. The molecule has 1 aliphatic heterocycles. The first-order valence-electron chi connectivity index (χ1n) is 11.7. The Morgan fingerprint density at radius 2 is 1.73 bits per heavy atom. The Bertz CT molecular complexity index is 798. The summed E-state index contributed by atoms with van der Waals surface area (Å²) in [6.45, 7) is 0.613. The van der Waals surface area contributed by atoms with Crippen LogP contribution in [0.3, 0.4) is 0 Å². The number of allylic oxidation sites excluding steroid dienone is 1. The Hall–Kier alpha value is -2.17. The number of piperazine rings is 1. The summed E-state index contributed by atoms with van der Waals surface area (Å²) in [5.41, 5.74) is 1.69. The molecule has 30 heavy (non-hydrogen) atoms. The molecule has 1 atom stereocenters. The fourth-order valence-electron chi connectivity index (χ4n) is 5.27. The van der Waals surface area contributed by atoms with Crippen LogP contribution in [0.4, 0.5) is 4.39 Å². The maximum Gasteiger partial charge on any atom is 0.250 e. The summed E-state index contributed by atoms with van der Waals surface area (Å²) in [6.07, 6.45) is 14.0. The third-order valence-electron chi connectivity index (χ3n) is 6.98. The Morgan fingerprint density at radius 3 is 2.43 bits per heavy atom. The van der Waals surface area contributed by atoms with Gasteiger partial charge in [-0.2, -0.15) is 0 Å². The smallest absolute Gasteiger partial charge is 0.250 e. The van der Waals surface area contributed by atoms with Crippen molar-refractivity contribution < 1.29 is 14.0 Å². The first-order chi connectivity index (χ1) is 14.6. The van der Waals surface area contributed by atoms with Crippen molar-refractivity contribution >= 4 is 11.8 Å². The molecule has 162 valence electrons. The number of benzene rings is 1. The van der Waals surface area contributed by atoms with E-state index in [1.54, 1.807) is 28.0 Å². The molecular formula is C25H33FN2O2. The van der Waals surface area contributed by atoms with Crippen LogP contribution >= 0.6 is 0 Å². The van der Waals surface area contributed by atoms with Crippen LogP contribution in [0.1, 0.15) is 82.2 Å². The maximum atomic E-state index is 14.8. The van der Waals surface area contributed by atoms with Gasteiger partial charge in [-0.1, -0.05) is 55.5 Å². The average Bonchev–Trinajstić information content (AvgIpc) is 3.05. The van der Waals surface area contributed by atoms with Crippen molar-refractivity contribution in [2.24, 2.45) is 0 Å². The molecule has 0 spiro atoms. The number of carbonyl (C=O) groups excluding carboxylic acids is 2. The third kappa shape index (κ3) is 4.60. The summed E-state index contributed by atoms with van der Waals surface area (Å²) in [4.78, 5) is 30.3. The van der Waals surface area contributed by atoms with Gasteiger partial charge in [0.1, 0.15) is 18.4 Å². The number of halogens is 1. The lowest BCUT2D eigenvalue weighted by molar-refractivity contribution is -0.159. The lowest BCUT2D eigenvalue weighted by atomic mass is 9.94. The van der Waals surface area contributed by atoms with Gasteiger partial charge in [-0.3, -0.25) is 9.59 Å². The zero-order valence-electron chi connectivity index (χ0n) is 17.8. The van der Waals surface area contributed by atoms with Crippen molar-refractivity contribution in [2.75, 3.05) is 13.1 Å². The lowest BCUT2D eigenvalue weighted by Crippen LogP contribution is -2.58. The second-order valence-corrected chi connectivity index (χ2v) is 8.98. The molecule has 0 aromatic heterocycles. The van der Waals surface area contributed by atoms with Crippen molar-refractivity contribution in [1.82, 2.24) is 9.80 Å². The van der Waals surface area contributed by atoms with E-state index in [1.807, 2.05) is 0 Å². The first kappa shape index (κ1) is 21.1. The van der Waals surface area contributed by atoms with Crippen LogP contribution in [-0.2, 0) is 9.59 Å². The van der Waals surface area contributed by atoms with Crippen molar-refractivity contribution in [1.29, 1.82) is 0 Å². The lowest BCUT2D eigenvalue weighted by Gasteiger charge is -2.43. The number of hydrogen-bond acceptors (Lipinski definition) is 2. The molecule has 0 N–H and O–H groups in total. The normalized spacial score (nSPS) is 24.0. The van der Waals surface area contributed by atoms with E-state index >= 15 is 0 Å². The summed E-state index contributed by atoms with van der Waals surface area (Å²) < 4.78 is 14.8. The number of amides is 2. The van der Waals surface area contributed by atoms with Crippen LogP contribution in [-0.4, -0.2) is 40.7 Å². The minimum Gasteiger partial charge on any atom is -0.328 e. The topological polar surface area (TPSA) is 40.6 Å². The van der Waals surface area contributed by atoms with Crippen molar-refractivity contribution in [2.45, 2.75) is 82.7 Å². The fourth-order valence-corrected chi connectivity index (χ4v) is 5.27. The summed E-state index contributed by atoms with van der Waals surface area (Å²) in [5.74, 6) is -0.569. The molecule has 0 unspecified atom stereocenters. The monoisotopic (exact) mass is 412 g/mol. The molecule has 1 aromatic rings. The molecule has 2 amide bonds. The van der Waals surface area contributed by atoms with Gasteiger partial charge < -0.3 is 9.80 Å². The molecule has 2 fully saturated rings. The Morgan fingerprint density at radius 1 is 0.967 bits per heavy atom. The summed E-state index contributed by atoms with van der Waals surface area (Å²) in [6, 6.07) is 5.69. The van der Waals surface area contributed by atoms with Gasteiger partial charge >= 0.3 is 0 Å². The molecule has 0 radical (unpaired) electrons. The van der Waals surface area contributed by atoms with Crippen LogP contribution in [0.25, 0.3) is 0 Å². The second kappa shape index (κ2) is 9.76. The highest BCUT2D eigenvalue weighted by Gasteiger charge is 2.43. The zero-order valence-corrected chi connectivity index (χ0v) is 17.8. The molecule has 1 saturated carbocycles. The number of rotatable bonds is 5. The summed E-state index contributed by atoms with van der Waals surface area (Å²) in [7, 11) is 0. The van der Waals surface area contributed by atoms with Crippen molar-refractivity contribution in [3.05, 3.63) is 47.3 Å². The predicted molar refractivity (Wildman–Crippen MR) is 115 cm³/mol. The highest BCUT2D eigenvalue weighted by atomic mass is 19.1. The van der Waals surface area contributed by atoms with Gasteiger partial charge in [0.05, 0.1) is 0 Å². The molecule has 2 aliphatic carbocycles. The molecule has 1 saturated heterocycles. The van der Waals surface area contributed by atoms with Crippen LogP contribution in [0, 0.1) is 5.82 Å². The average molecular weight is 413 g/mol. The standard InChI is InChI=1S/C25H33FN2O2/c26-22-15-9-8-14-21(22)24-25(30)28(20-12-6-1-2-7-13-20)18-23(29)27(24)17-16-19-10-4-3-5-11-19/h8-10,14-15,20,24H,1-7,11-13,16-18H2/t24-/m1/s1. The molecule has 0 bridgehead atoms. The molecule has 3 aliphatic rings. The van der Waals surface area contributed by atoms with Gasteiger partial charge in [0, 0.05) is 18.2 Å². The van der Waals surface area contributed by atoms with Gasteiger partial charge in [-0.05, 0) is 51.0 Å². The van der Waals surface area contributed by atoms with E-state index < -0.39 is 11.9 Å². The minimum absolute atomic E-state index is 0.0523. The van der Waals surface area contributed by atoms with E-state index in [1.165, 1.54) is 37.3 Å². The SMILES string of the molecule is O=C1[C@@H](c2ccccc2F)N(CCC2=CCCCC2)C(=O)CN1C1CCCCCC1. The number of hydrogen-bond donors (Lipinski definition) is 0. The Labute approximate surface area is 179 Å². The largest absolute Gasteiger partial charge is 0.328 e. The third-order valence-corrected chi connectivity index (χ3v) is 6.98. The van der Waals surface area contributed by atoms with Gasteiger partial charge in [-0.25, -0.2) is 4.39 Å². The van der Waals surface area contributed by atoms with Gasteiger partial charge in [-0.15, -0.1) is 0 Å². The van der Waals surface area contributed by atoms with E-state index in [4.69, 9.17) is 0 Å². The fraction of sp³-hybridized carbons (Fsp3) is 0.600. The molecule has 1 heterocycles. The van der Waals surface area contributed by atoms with E-state index in [-0.39, 0.29) is 24.4 Å². The zero-order chi connectivity index (χ0) is 20.9.